The van der Waals surface area contributed by atoms with Gasteiger partial charge in [-0.25, -0.2) is 14.2 Å². The summed E-state index contributed by atoms with van der Waals surface area (Å²) >= 11 is 0. The molecule has 0 aliphatic carbocycles. The summed E-state index contributed by atoms with van der Waals surface area (Å²) in [6.07, 6.45) is 0.905. The zero-order chi connectivity index (χ0) is 23.2. The third-order valence-electron chi connectivity index (χ3n) is 5.71. The number of carbonyl (C=O) groups excluding carboxylic acids is 2. The lowest BCUT2D eigenvalue weighted by Crippen LogP contribution is -2.45. The Morgan fingerprint density at radius 3 is 2.33 bits per heavy atom. The van der Waals surface area contributed by atoms with Crippen molar-refractivity contribution in [1.82, 2.24) is 5.32 Å². The number of aryl methyl sites for hydroxylation is 2. The normalized spacial score (nSPS) is 17.8. The number of aliphatic imine (C=N–C) groups is 1. The first-order valence-electron chi connectivity index (χ1n) is 10.9. The van der Waals surface area contributed by atoms with E-state index in [-0.39, 0.29) is 12.4 Å². The van der Waals surface area contributed by atoms with Gasteiger partial charge in [-0.3, -0.25) is 4.79 Å². The van der Waals surface area contributed by atoms with Crippen LogP contribution >= 0.6 is 0 Å². The molecule has 0 aromatic heterocycles. The topological polar surface area (TPSA) is 67.8 Å². The molecule has 6 heteroatoms. The van der Waals surface area contributed by atoms with Crippen LogP contribution < -0.4 is 5.32 Å². The van der Waals surface area contributed by atoms with E-state index in [1.165, 1.54) is 12.1 Å². The molecule has 1 aliphatic heterocycles. The molecule has 0 radical (unpaired) electrons. The summed E-state index contributed by atoms with van der Waals surface area (Å²) < 4.78 is 18.9. The van der Waals surface area contributed by atoms with Crippen LogP contribution in [0.1, 0.15) is 34.7 Å². The van der Waals surface area contributed by atoms with Gasteiger partial charge in [0.25, 0.3) is 0 Å². The largest absolute Gasteiger partial charge is 0.460 e. The molecule has 1 N–H and O–H groups in total. The number of hydrogen-bond donors (Lipinski definition) is 1. The van der Waals surface area contributed by atoms with Gasteiger partial charge in [0.2, 0.25) is 0 Å². The zero-order valence-corrected chi connectivity index (χ0v) is 18.3. The average molecular weight is 445 g/mol. The highest BCUT2D eigenvalue weighted by Crippen LogP contribution is 2.30. The first kappa shape index (κ1) is 22.4. The highest BCUT2D eigenvalue weighted by atomic mass is 19.1. The number of esters is 1. The van der Waals surface area contributed by atoms with E-state index in [0.29, 0.717) is 18.6 Å². The summed E-state index contributed by atoms with van der Waals surface area (Å²) in [6, 6.07) is 22.2. The number of carbonyl (C=O) groups is 2. The number of ether oxygens (including phenoxy) is 1. The summed E-state index contributed by atoms with van der Waals surface area (Å²) in [4.78, 5) is 29.9. The number of amides is 2. The molecule has 2 amide bonds. The number of urea groups is 1. The fourth-order valence-electron chi connectivity index (χ4n) is 3.92. The van der Waals surface area contributed by atoms with Crippen LogP contribution in [0, 0.1) is 18.7 Å². The number of halogens is 1. The lowest BCUT2D eigenvalue weighted by molar-refractivity contribution is -0.148. The fourth-order valence-corrected chi connectivity index (χ4v) is 3.92. The minimum absolute atomic E-state index is 0.135. The van der Waals surface area contributed by atoms with Gasteiger partial charge < -0.3 is 10.1 Å². The summed E-state index contributed by atoms with van der Waals surface area (Å²) in [5.41, 5.74) is 4.13. The van der Waals surface area contributed by atoms with Gasteiger partial charge in [0, 0.05) is 5.71 Å². The first-order chi connectivity index (χ1) is 16.0. The quantitative estimate of drug-likeness (QED) is 0.501. The Morgan fingerprint density at radius 2 is 1.64 bits per heavy atom. The van der Waals surface area contributed by atoms with E-state index in [2.05, 4.69) is 10.3 Å². The Kier molecular flexibility index (Phi) is 6.93. The third-order valence-corrected chi connectivity index (χ3v) is 5.71. The van der Waals surface area contributed by atoms with Crippen LogP contribution in [0.15, 0.2) is 83.9 Å². The van der Waals surface area contributed by atoms with E-state index in [4.69, 9.17) is 4.74 Å². The Labute approximate surface area is 192 Å². The second kappa shape index (κ2) is 10.2. The summed E-state index contributed by atoms with van der Waals surface area (Å²) in [5.74, 6) is -1.51. The van der Waals surface area contributed by atoms with Gasteiger partial charge in [-0.1, -0.05) is 72.3 Å². The van der Waals surface area contributed by atoms with Crippen molar-refractivity contribution in [1.29, 1.82) is 0 Å². The molecule has 2 atom stereocenters. The number of nitrogens with one attached hydrogen (secondary N) is 1. The molecule has 0 saturated heterocycles. The predicted molar refractivity (Wildman–Crippen MR) is 124 cm³/mol. The molecule has 0 saturated carbocycles. The maximum absolute atomic E-state index is 13.3. The highest BCUT2D eigenvalue weighted by molar-refractivity contribution is 6.09. The Bertz CT molecular complexity index is 1140. The molecular formula is C27H25FN2O3. The number of benzene rings is 3. The van der Waals surface area contributed by atoms with Crippen molar-refractivity contribution in [2.45, 2.75) is 32.4 Å². The van der Waals surface area contributed by atoms with Crippen LogP contribution in [0.4, 0.5) is 9.18 Å². The van der Waals surface area contributed by atoms with Gasteiger partial charge in [0.15, 0.2) is 0 Å². The van der Waals surface area contributed by atoms with Gasteiger partial charge in [-0.2, -0.15) is 0 Å². The molecule has 3 aromatic rings. The van der Waals surface area contributed by atoms with Crippen LogP contribution in [-0.2, 0) is 22.6 Å². The van der Waals surface area contributed by atoms with Gasteiger partial charge in [-0.15, -0.1) is 0 Å². The van der Waals surface area contributed by atoms with E-state index in [1.54, 1.807) is 12.1 Å². The smallest absolute Gasteiger partial charge is 0.341 e. The summed E-state index contributed by atoms with van der Waals surface area (Å²) in [6.45, 7) is 2.11. The molecule has 4 rings (SSSR count). The van der Waals surface area contributed by atoms with Crippen LogP contribution in [0.3, 0.4) is 0 Å². The van der Waals surface area contributed by atoms with Gasteiger partial charge in [-0.05, 0) is 48.6 Å². The number of hydrogen-bond acceptors (Lipinski definition) is 3. The van der Waals surface area contributed by atoms with Gasteiger partial charge in [0.05, 0.1) is 6.04 Å². The van der Waals surface area contributed by atoms with E-state index < -0.39 is 24.0 Å². The molecule has 1 aliphatic rings. The van der Waals surface area contributed by atoms with Crippen LogP contribution in [-0.4, -0.2) is 17.7 Å². The molecule has 5 nitrogen and oxygen atoms in total. The molecule has 3 aromatic carbocycles. The van der Waals surface area contributed by atoms with Crippen LogP contribution in [0.2, 0.25) is 0 Å². The lowest BCUT2D eigenvalue weighted by atomic mass is 9.85. The van der Waals surface area contributed by atoms with Crippen molar-refractivity contribution in [3.63, 3.8) is 0 Å². The molecular weight excluding hydrogens is 419 g/mol. The Hall–Kier alpha value is -3.80. The second-order valence-electron chi connectivity index (χ2n) is 8.14. The van der Waals surface area contributed by atoms with Crippen molar-refractivity contribution in [3.05, 3.63) is 107 Å². The molecule has 1 heterocycles. The predicted octanol–water partition coefficient (Wildman–Crippen LogP) is 5.33. The molecule has 0 fully saturated rings. The SMILES string of the molecule is Cc1ccc(C2NC(=O)N=C(CCc3ccc(F)cc3)C2C(=O)OCc2ccccc2)cc1. The van der Waals surface area contributed by atoms with Crippen molar-refractivity contribution in [2.24, 2.45) is 10.9 Å². The van der Waals surface area contributed by atoms with Crippen molar-refractivity contribution in [3.8, 4) is 0 Å². The number of nitrogens with zero attached hydrogens (tertiary/aromatic N) is 1. The minimum Gasteiger partial charge on any atom is -0.460 e. The van der Waals surface area contributed by atoms with Crippen LogP contribution in [0.5, 0.6) is 0 Å². The number of rotatable bonds is 7. The summed E-state index contributed by atoms with van der Waals surface area (Å²) in [5, 5.41) is 2.84. The van der Waals surface area contributed by atoms with Crippen molar-refractivity contribution < 1.29 is 18.7 Å². The van der Waals surface area contributed by atoms with Crippen molar-refractivity contribution in [2.75, 3.05) is 0 Å². The molecule has 2 unspecified atom stereocenters. The fraction of sp³-hybridized carbons (Fsp3) is 0.222. The van der Waals surface area contributed by atoms with E-state index in [0.717, 1.165) is 22.3 Å². The van der Waals surface area contributed by atoms with Crippen molar-refractivity contribution >= 4 is 17.7 Å². The Morgan fingerprint density at radius 1 is 0.939 bits per heavy atom. The highest BCUT2D eigenvalue weighted by Gasteiger charge is 2.39. The average Bonchev–Trinajstić information content (AvgIpc) is 2.83. The van der Waals surface area contributed by atoms with E-state index in [9.17, 15) is 14.0 Å². The molecule has 168 valence electrons. The first-order valence-corrected chi connectivity index (χ1v) is 10.9. The third kappa shape index (κ3) is 5.71. The van der Waals surface area contributed by atoms with Gasteiger partial charge in [0.1, 0.15) is 18.3 Å². The lowest BCUT2D eigenvalue weighted by Gasteiger charge is -2.31. The molecule has 0 spiro atoms. The zero-order valence-electron chi connectivity index (χ0n) is 18.3. The Balaban J connectivity index is 1.59. The second-order valence-corrected chi connectivity index (χ2v) is 8.14. The van der Waals surface area contributed by atoms with E-state index >= 15 is 0 Å². The maximum Gasteiger partial charge on any atom is 0.341 e. The standard InChI is InChI=1S/C27H25FN2O3/c1-18-7-12-21(13-8-18)25-24(26(31)33-17-20-5-3-2-4-6-20)23(29-27(32)30-25)16-11-19-9-14-22(28)15-10-19/h2-10,12-15,24-25H,11,16-17H2,1H3,(H,30,32). The van der Waals surface area contributed by atoms with E-state index in [1.807, 2.05) is 61.5 Å². The van der Waals surface area contributed by atoms with Crippen LogP contribution in [0.25, 0.3) is 0 Å². The summed E-state index contributed by atoms with van der Waals surface area (Å²) in [7, 11) is 0. The minimum atomic E-state index is -0.755. The van der Waals surface area contributed by atoms with Gasteiger partial charge >= 0.3 is 12.0 Å². The maximum atomic E-state index is 13.3. The molecule has 33 heavy (non-hydrogen) atoms. The molecule has 0 bridgehead atoms. The monoisotopic (exact) mass is 444 g/mol.